The summed E-state index contributed by atoms with van der Waals surface area (Å²) in [6.45, 7) is 2.17. The molecular formula is C17H18ClNO5S. The number of carboxylic acids is 1. The fraction of sp³-hybridized carbons (Fsp3) is 0.235. The fourth-order valence-electron chi connectivity index (χ4n) is 2.21. The van der Waals surface area contributed by atoms with Crippen molar-refractivity contribution in [1.29, 1.82) is 0 Å². The van der Waals surface area contributed by atoms with Gasteiger partial charge in [0.2, 0.25) is 10.0 Å². The molecule has 2 aromatic carbocycles. The van der Waals surface area contributed by atoms with Gasteiger partial charge in [-0.3, -0.25) is 4.79 Å². The van der Waals surface area contributed by atoms with Gasteiger partial charge in [-0.15, -0.1) is 0 Å². The van der Waals surface area contributed by atoms with Gasteiger partial charge in [-0.2, -0.15) is 4.72 Å². The molecule has 0 bridgehead atoms. The molecule has 0 amide bonds. The van der Waals surface area contributed by atoms with Crippen molar-refractivity contribution in [2.45, 2.75) is 24.3 Å². The number of hydrogen-bond acceptors (Lipinski definition) is 4. The second-order valence-electron chi connectivity index (χ2n) is 5.23. The maximum atomic E-state index is 12.5. The first kappa shape index (κ1) is 19.2. The third-order valence-electron chi connectivity index (χ3n) is 3.39. The van der Waals surface area contributed by atoms with E-state index in [0.29, 0.717) is 17.9 Å². The van der Waals surface area contributed by atoms with E-state index in [1.807, 2.05) is 0 Å². The van der Waals surface area contributed by atoms with E-state index in [9.17, 15) is 18.3 Å². The minimum absolute atomic E-state index is 0.0279. The van der Waals surface area contributed by atoms with Crippen LogP contribution in [0, 0.1) is 0 Å². The number of sulfonamides is 1. The van der Waals surface area contributed by atoms with E-state index in [2.05, 4.69) is 4.72 Å². The first-order chi connectivity index (χ1) is 11.8. The summed E-state index contributed by atoms with van der Waals surface area (Å²) in [5.41, 5.74) is 0.710. The minimum Gasteiger partial charge on any atom is -0.492 e. The molecule has 25 heavy (non-hydrogen) atoms. The summed E-state index contributed by atoms with van der Waals surface area (Å²) in [6, 6.07) is 11.5. The molecule has 0 radical (unpaired) electrons. The summed E-state index contributed by atoms with van der Waals surface area (Å²) in [5, 5.41) is 9.48. The Morgan fingerprint density at radius 2 is 1.92 bits per heavy atom. The highest BCUT2D eigenvalue weighted by Gasteiger charge is 2.26. The van der Waals surface area contributed by atoms with Gasteiger partial charge in [0, 0.05) is 0 Å². The molecule has 0 saturated carbocycles. The van der Waals surface area contributed by atoms with Crippen molar-refractivity contribution in [2.24, 2.45) is 0 Å². The molecule has 0 unspecified atom stereocenters. The molecule has 8 heteroatoms. The number of hydrogen-bond donors (Lipinski definition) is 2. The third kappa shape index (κ3) is 5.19. The number of nitrogens with one attached hydrogen (secondary N) is 1. The average Bonchev–Trinajstić information content (AvgIpc) is 2.57. The summed E-state index contributed by atoms with van der Waals surface area (Å²) in [6.07, 6.45) is 0.0279. The molecule has 134 valence electrons. The van der Waals surface area contributed by atoms with Crippen LogP contribution >= 0.6 is 11.6 Å². The zero-order chi connectivity index (χ0) is 18.4. The van der Waals surface area contributed by atoms with Crippen molar-refractivity contribution in [3.63, 3.8) is 0 Å². The molecule has 0 fully saturated rings. The van der Waals surface area contributed by atoms with E-state index < -0.39 is 22.0 Å². The van der Waals surface area contributed by atoms with Crippen molar-refractivity contribution in [3.05, 3.63) is 59.1 Å². The molecule has 6 nitrogen and oxygen atoms in total. The topological polar surface area (TPSA) is 92.7 Å². The van der Waals surface area contributed by atoms with Gasteiger partial charge >= 0.3 is 5.97 Å². The van der Waals surface area contributed by atoms with E-state index in [0.717, 1.165) is 0 Å². The number of rotatable bonds is 8. The molecule has 0 aliphatic heterocycles. The van der Waals surface area contributed by atoms with Crippen LogP contribution in [0.5, 0.6) is 5.75 Å². The first-order valence-corrected chi connectivity index (χ1v) is 9.41. The zero-order valence-electron chi connectivity index (χ0n) is 13.5. The normalized spacial score (nSPS) is 12.6. The van der Waals surface area contributed by atoms with Crippen LogP contribution in [0.1, 0.15) is 12.5 Å². The van der Waals surface area contributed by atoms with E-state index in [1.165, 1.54) is 18.2 Å². The summed E-state index contributed by atoms with van der Waals surface area (Å²) in [7, 11) is -4.05. The Morgan fingerprint density at radius 1 is 1.24 bits per heavy atom. The molecule has 2 rings (SSSR count). The van der Waals surface area contributed by atoms with E-state index in [4.69, 9.17) is 16.3 Å². The maximum Gasteiger partial charge on any atom is 0.322 e. The molecule has 0 aromatic heterocycles. The number of halogens is 1. The highest BCUT2D eigenvalue weighted by Crippen LogP contribution is 2.27. The van der Waals surface area contributed by atoms with Gasteiger partial charge in [0.25, 0.3) is 0 Å². The Hall–Kier alpha value is -2.09. The van der Waals surface area contributed by atoms with Gasteiger partial charge < -0.3 is 9.84 Å². The van der Waals surface area contributed by atoms with Gasteiger partial charge in [0.05, 0.1) is 16.5 Å². The summed E-state index contributed by atoms with van der Waals surface area (Å²) >= 11 is 6.01. The molecule has 2 aromatic rings. The standard InChI is InChI=1S/C17H18ClNO5S/c1-2-24-16-9-8-13(11-14(16)18)25(22,23)19-15(17(20)21)10-12-6-4-3-5-7-12/h3-9,11,15,19H,2,10H2,1H3,(H,20,21)/t15-/m0/s1. The van der Waals surface area contributed by atoms with Crippen LogP contribution in [-0.4, -0.2) is 32.1 Å². The summed E-state index contributed by atoms with van der Waals surface area (Å²) < 4.78 is 32.4. The molecule has 2 N–H and O–H groups in total. The van der Waals surface area contributed by atoms with Crippen LogP contribution in [0.3, 0.4) is 0 Å². The predicted octanol–water partition coefficient (Wildman–Crippen LogP) is 2.71. The van der Waals surface area contributed by atoms with Crippen LogP contribution in [0.15, 0.2) is 53.4 Å². The molecule has 0 aliphatic carbocycles. The fourth-order valence-corrected chi connectivity index (χ4v) is 3.72. The van der Waals surface area contributed by atoms with E-state index >= 15 is 0 Å². The summed E-state index contributed by atoms with van der Waals surface area (Å²) in [4.78, 5) is 11.3. The smallest absolute Gasteiger partial charge is 0.322 e. The SMILES string of the molecule is CCOc1ccc(S(=O)(=O)N[C@@H](Cc2ccccc2)C(=O)O)cc1Cl. The van der Waals surface area contributed by atoms with E-state index in [1.54, 1.807) is 37.3 Å². The van der Waals surface area contributed by atoms with Crippen LogP contribution in [0.2, 0.25) is 5.02 Å². The molecule has 0 aliphatic rings. The molecule has 1 atom stereocenters. The van der Waals surface area contributed by atoms with Gasteiger partial charge in [-0.25, -0.2) is 8.42 Å². The lowest BCUT2D eigenvalue weighted by atomic mass is 10.1. The second kappa shape index (κ2) is 8.33. The Labute approximate surface area is 151 Å². The summed E-state index contributed by atoms with van der Waals surface area (Å²) in [5.74, 6) is -0.897. The quantitative estimate of drug-likeness (QED) is 0.731. The lowest BCUT2D eigenvalue weighted by molar-refractivity contribution is -0.138. The third-order valence-corrected chi connectivity index (χ3v) is 5.16. The van der Waals surface area contributed by atoms with Gasteiger partial charge in [0.15, 0.2) is 0 Å². The van der Waals surface area contributed by atoms with E-state index in [-0.39, 0.29) is 16.3 Å². The van der Waals surface area contributed by atoms with Crippen molar-refractivity contribution in [3.8, 4) is 5.75 Å². The van der Waals surface area contributed by atoms with Crippen LogP contribution in [-0.2, 0) is 21.2 Å². The average molecular weight is 384 g/mol. The highest BCUT2D eigenvalue weighted by atomic mass is 35.5. The Morgan fingerprint density at radius 3 is 2.48 bits per heavy atom. The van der Waals surface area contributed by atoms with Crippen molar-refractivity contribution in [2.75, 3.05) is 6.61 Å². The van der Waals surface area contributed by atoms with Gasteiger partial charge in [0.1, 0.15) is 11.8 Å². The maximum absolute atomic E-state index is 12.5. The number of aliphatic carboxylic acids is 1. The minimum atomic E-state index is -4.05. The van der Waals surface area contributed by atoms with Crippen LogP contribution in [0.4, 0.5) is 0 Å². The number of carboxylic acid groups (broad SMARTS) is 1. The lowest BCUT2D eigenvalue weighted by Gasteiger charge is -2.15. The van der Waals surface area contributed by atoms with Gasteiger partial charge in [-0.05, 0) is 37.1 Å². The first-order valence-electron chi connectivity index (χ1n) is 7.55. The van der Waals surface area contributed by atoms with Crippen molar-refractivity contribution >= 4 is 27.6 Å². The Kier molecular flexibility index (Phi) is 6.41. The van der Waals surface area contributed by atoms with Crippen molar-refractivity contribution in [1.82, 2.24) is 4.72 Å². The molecule has 0 saturated heterocycles. The monoisotopic (exact) mass is 383 g/mol. The largest absolute Gasteiger partial charge is 0.492 e. The lowest BCUT2D eigenvalue weighted by Crippen LogP contribution is -2.42. The Bertz CT molecular complexity index is 839. The number of ether oxygens (including phenoxy) is 1. The zero-order valence-corrected chi connectivity index (χ0v) is 15.0. The Balaban J connectivity index is 2.22. The number of carbonyl (C=O) groups is 1. The predicted molar refractivity (Wildman–Crippen MR) is 94.5 cm³/mol. The second-order valence-corrected chi connectivity index (χ2v) is 7.35. The number of benzene rings is 2. The van der Waals surface area contributed by atoms with Crippen LogP contribution < -0.4 is 9.46 Å². The van der Waals surface area contributed by atoms with Gasteiger partial charge in [-0.1, -0.05) is 41.9 Å². The highest BCUT2D eigenvalue weighted by molar-refractivity contribution is 7.89. The molecule has 0 heterocycles. The van der Waals surface area contributed by atoms with Crippen molar-refractivity contribution < 1.29 is 23.1 Å². The molecular weight excluding hydrogens is 366 g/mol. The molecule has 0 spiro atoms. The van der Waals surface area contributed by atoms with Crippen LogP contribution in [0.25, 0.3) is 0 Å².